The molecule has 0 spiro atoms. The topological polar surface area (TPSA) is 69.7 Å². The fourth-order valence-electron chi connectivity index (χ4n) is 2.83. The number of ether oxygens (including phenoxy) is 3. The molecule has 1 N–H and O–H groups in total. The SMILES string of the molecule is COc1cc(C(=O)Nc2nc3ccc(C(C)(C)C)cc3s2)cc(OC)c1OC. The maximum atomic E-state index is 12.8. The summed E-state index contributed by atoms with van der Waals surface area (Å²) in [7, 11) is 4.55. The van der Waals surface area contributed by atoms with E-state index in [1.165, 1.54) is 38.2 Å². The Labute approximate surface area is 168 Å². The van der Waals surface area contributed by atoms with Crippen LogP contribution >= 0.6 is 11.3 Å². The van der Waals surface area contributed by atoms with Gasteiger partial charge in [0, 0.05) is 5.56 Å². The van der Waals surface area contributed by atoms with Crippen molar-refractivity contribution in [3.8, 4) is 17.2 Å². The number of fused-ring (bicyclic) bond motifs is 1. The van der Waals surface area contributed by atoms with Gasteiger partial charge in [-0.2, -0.15) is 0 Å². The van der Waals surface area contributed by atoms with Gasteiger partial charge in [-0.15, -0.1) is 0 Å². The lowest BCUT2D eigenvalue weighted by atomic mass is 9.87. The maximum absolute atomic E-state index is 12.8. The Kier molecular flexibility index (Phi) is 5.47. The van der Waals surface area contributed by atoms with Crippen LogP contribution in [0.25, 0.3) is 10.2 Å². The molecule has 1 aromatic heterocycles. The molecule has 0 aliphatic heterocycles. The molecule has 0 aliphatic rings. The van der Waals surface area contributed by atoms with E-state index in [0.717, 1.165) is 10.2 Å². The van der Waals surface area contributed by atoms with Gasteiger partial charge in [0.15, 0.2) is 16.6 Å². The second-order valence-electron chi connectivity index (χ2n) is 7.32. The molecule has 6 nitrogen and oxygen atoms in total. The van der Waals surface area contributed by atoms with Crippen LogP contribution in [0, 0.1) is 0 Å². The van der Waals surface area contributed by atoms with Crippen molar-refractivity contribution >= 4 is 32.6 Å². The van der Waals surface area contributed by atoms with Gasteiger partial charge in [0.2, 0.25) is 5.75 Å². The monoisotopic (exact) mass is 400 g/mol. The molecule has 1 heterocycles. The number of carbonyl (C=O) groups excluding carboxylic acids is 1. The highest BCUT2D eigenvalue weighted by molar-refractivity contribution is 7.22. The van der Waals surface area contributed by atoms with Crippen molar-refractivity contribution in [2.24, 2.45) is 0 Å². The van der Waals surface area contributed by atoms with Crippen molar-refractivity contribution in [3.63, 3.8) is 0 Å². The summed E-state index contributed by atoms with van der Waals surface area (Å²) >= 11 is 1.45. The highest BCUT2D eigenvalue weighted by Gasteiger charge is 2.19. The molecular formula is C21H24N2O4S. The minimum atomic E-state index is -0.297. The number of benzene rings is 2. The van der Waals surface area contributed by atoms with Crippen molar-refractivity contribution in [2.75, 3.05) is 26.6 Å². The molecule has 0 unspecified atom stereocenters. The number of amides is 1. The minimum Gasteiger partial charge on any atom is -0.493 e. The van der Waals surface area contributed by atoms with Crippen LogP contribution in [0.2, 0.25) is 0 Å². The molecule has 1 amide bonds. The molecule has 28 heavy (non-hydrogen) atoms. The van der Waals surface area contributed by atoms with E-state index in [1.807, 2.05) is 6.07 Å². The van der Waals surface area contributed by atoms with E-state index < -0.39 is 0 Å². The number of carbonyl (C=O) groups is 1. The fraction of sp³-hybridized carbons (Fsp3) is 0.333. The standard InChI is InChI=1S/C21H24N2O4S/c1-21(2,3)13-7-8-14-17(11-13)28-20(22-14)23-19(24)12-9-15(25-4)18(27-6)16(10-12)26-5/h7-11H,1-6H3,(H,22,23,24). The van der Waals surface area contributed by atoms with Gasteiger partial charge in [0.1, 0.15) is 0 Å². The number of hydrogen-bond acceptors (Lipinski definition) is 6. The molecule has 0 saturated heterocycles. The van der Waals surface area contributed by atoms with E-state index in [-0.39, 0.29) is 11.3 Å². The van der Waals surface area contributed by atoms with Crippen molar-refractivity contribution in [3.05, 3.63) is 41.5 Å². The number of methoxy groups -OCH3 is 3. The Hall–Kier alpha value is -2.80. The lowest BCUT2D eigenvalue weighted by Gasteiger charge is -2.18. The van der Waals surface area contributed by atoms with Crippen LogP contribution in [0.15, 0.2) is 30.3 Å². The first kappa shape index (κ1) is 19.9. The normalized spacial score (nSPS) is 11.4. The lowest BCUT2D eigenvalue weighted by Crippen LogP contribution is -2.12. The van der Waals surface area contributed by atoms with Gasteiger partial charge in [-0.25, -0.2) is 4.98 Å². The number of nitrogens with zero attached hydrogens (tertiary/aromatic N) is 1. The van der Waals surface area contributed by atoms with Gasteiger partial charge in [-0.1, -0.05) is 38.2 Å². The molecule has 0 radical (unpaired) electrons. The summed E-state index contributed by atoms with van der Waals surface area (Å²) in [5, 5.41) is 3.40. The largest absolute Gasteiger partial charge is 0.493 e. The Balaban J connectivity index is 1.90. The fourth-order valence-corrected chi connectivity index (χ4v) is 3.73. The summed E-state index contributed by atoms with van der Waals surface area (Å²) < 4.78 is 17.0. The molecular weight excluding hydrogens is 376 g/mol. The van der Waals surface area contributed by atoms with Gasteiger partial charge in [0.05, 0.1) is 31.5 Å². The Morgan fingerprint density at radius 2 is 1.64 bits per heavy atom. The zero-order chi connectivity index (χ0) is 20.5. The highest BCUT2D eigenvalue weighted by Crippen LogP contribution is 2.38. The molecule has 7 heteroatoms. The Bertz CT molecular complexity index is 996. The summed E-state index contributed by atoms with van der Waals surface area (Å²) in [4.78, 5) is 17.3. The third-order valence-electron chi connectivity index (χ3n) is 4.40. The summed E-state index contributed by atoms with van der Waals surface area (Å²) in [6.45, 7) is 6.51. The van der Waals surface area contributed by atoms with Gasteiger partial charge in [-0.05, 0) is 35.2 Å². The van der Waals surface area contributed by atoms with Crippen LogP contribution in [0.5, 0.6) is 17.2 Å². The first-order valence-electron chi connectivity index (χ1n) is 8.79. The van der Waals surface area contributed by atoms with Crippen LogP contribution in [-0.4, -0.2) is 32.2 Å². The van der Waals surface area contributed by atoms with E-state index in [0.29, 0.717) is 27.9 Å². The molecule has 0 atom stereocenters. The van der Waals surface area contributed by atoms with Gasteiger partial charge >= 0.3 is 0 Å². The van der Waals surface area contributed by atoms with E-state index in [1.54, 1.807) is 12.1 Å². The number of rotatable bonds is 5. The highest BCUT2D eigenvalue weighted by atomic mass is 32.1. The molecule has 0 fully saturated rings. The first-order chi connectivity index (χ1) is 13.3. The van der Waals surface area contributed by atoms with E-state index >= 15 is 0 Å². The predicted molar refractivity (Wildman–Crippen MR) is 112 cm³/mol. The molecule has 3 rings (SSSR count). The third-order valence-corrected chi connectivity index (χ3v) is 5.34. The molecule has 2 aromatic carbocycles. The summed E-state index contributed by atoms with van der Waals surface area (Å²) in [5.41, 5.74) is 2.53. The lowest BCUT2D eigenvalue weighted by molar-refractivity contribution is 0.102. The number of hydrogen-bond donors (Lipinski definition) is 1. The molecule has 0 saturated carbocycles. The van der Waals surface area contributed by atoms with Crippen molar-refractivity contribution in [2.45, 2.75) is 26.2 Å². The Morgan fingerprint density at radius 1 is 1.00 bits per heavy atom. The van der Waals surface area contributed by atoms with Crippen LogP contribution in [0.1, 0.15) is 36.7 Å². The number of nitrogens with one attached hydrogen (secondary N) is 1. The second kappa shape index (κ2) is 7.67. The molecule has 3 aromatic rings. The quantitative estimate of drug-likeness (QED) is 0.661. The van der Waals surface area contributed by atoms with E-state index in [2.05, 4.69) is 43.2 Å². The zero-order valence-corrected chi connectivity index (χ0v) is 17.7. The van der Waals surface area contributed by atoms with Crippen molar-refractivity contribution < 1.29 is 19.0 Å². The average Bonchev–Trinajstić information content (AvgIpc) is 3.07. The summed E-state index contributed by atoms with van der Waals surface area (Å²) in [6, 6.07) is 9.42. The minimum absolute atomic E-state index is 0.0534. The van der Waals surface area contributed by atoms with Crippen LogP contribution in [0.3, 0.4) is 0 Å². The van der Waals surface area contributed by atoms with Crippen LogP contribution in [-0.2, 0) is 5.41 Å². The second-order valence-corrected chi connectivity index (χ2v) is 8.35. The van der Waals surface area contributed by atoms with E-state index in [9.17, 15) is 4.79 Å². The summed E-state index contributed by atoms with van der Waals surface area (Å²) in [6.07, 6.45) is 0. The maximum Gasteiger partial charge on any atom is 0.257 e. The van der Waals surface area contributed by atoms with Gasteiger partial charge in [-0.3, -0.25) is 10.1 Å². The Morgan fingerprint density at radius 3 is 2.18 bits per heavy atom. The number of aromatic nitrogens is 1. The molecule has 0 bridgehead atoms. The smallest absolute Gasteiger partial charge is 0.257 e. The zero-order valence-electron chi connectivity index (χ0n) is 16.9. The number of thiazole rings is 1. The summed E-state index contributed by atoms with van der Waals surface area (Å²) in [5.74, 6) is 0.989. The van der Waals surface area contributed by atoms with Crippen LogP contribution in [0.4, 0.5) is 5.13 Å². The van der Waals surface area contributed by atoms with Gasteiger partial charge < -0.3 is 14.2 Å². The van der Waals surface area contributed by atoms with Gasteiger partial charge in [0.25, 0.3) is 5.91 Å². The average molecular weight is 401 g/mol. The third kappa shape index (κ3) is 3.89. The predicted octanol–water partition coefficient (Wildman–Crippen LogP) is 4.87. The van der Waals surface area contributed by atoms with E-state index in [4.69, 9.17) is 14.2 Å². The van der Waals surface area contributed by atoms with Crippen molar-refractivity contribution in [1.82, 2.24) is 4.98 Å². The first-order valence-corrected chi connectivity index (χ1v) is 9.61. The van der Waals surface area contributed by atoms with Crippen molar-refractivity contribution in [1.29, 1.82) is 0 Å². The molecule has 0 aliphatic carbocycles. The molecule has 148 valence electrons. The van der Waals surface area contributed by atoms with Crippen LogP contribution < -0.4 is 19.5 Å². The number of anilines is 1.